The number of alkyl halides is 6. The lowest BCUT2D eigenvalue weighted by Gasteiger charge is -2.42. The summed E-state index contributed by atoms with van der Waals surface area (Å²) in [5, 5.41) is 2.37. The molecule has 0 bridgehead atoms. The average Bonchev–Trinajstić information content (AvgIpc) is 2.95. The number of carbonyl (C=O) groups is 1. The number of rotatable bonds is 9. The van der Waals surface area contributed by atoms with E-state index in [0.29, 0.717) is 17.7 Å². The number of carbonyl (C=O) groups excluding carboxylic acids is 1. The standard InChI is InChI=1S/C24H25F7N4O3.C6H14/c1-13(15-9-16(23(26,27)28)11-17(10-15)24(29,30)31)38-21-20(14-3-5-18(25)6-4-14)35(7-8-37-21)12-19(33-2)34-22(32)36;1-3-5-6-4-2/h3-6,9-11,13,20-21H,7-8,12H2,1-2H3,(H3,32,33,34,36);3-6H2,1-2H3. The van der Waals surface area contributed by atoms with Crippen LogP contribution in [0.4, 0.5) is 35.5 Å². The molecule has 0 saturated carbocycles. The average molecular weight is 637 g/mol. The van der Waals surface area contributed by atoms with Crippen LogP contribution in [0.5, 0.6) is 0 Å². The van der Waals surface area contributed by atoms with E-state index in [2.05, 4.69) is 24.2 Å². The molecule has 1 aliphatic rings. The van der Waals surface area contributed by atoms with Crippen molar-refractivity contribution in [2.24, 2.45) is 10.7 Å². The molecule has 0 aromatic heterocycles. The molecule has 246 valence electrons. The van der Waals surface area contributed by atoms with E-state index in [1.165, 1.54) is 63.9 Å². The third kappa shape index (κ3) is 11.4. The Morgan fingerprint density at radius 3 is 2.05 bits per heavy atom. The number of benzene rings is 2. The van der Waals surface area contributed by atoms with Crippen molar-refractivity contribution >= 4 is 11.9 Å². The van der Waals surface area contributed by atoms with E-state index in [4.69, 9.17) is 15.2 Å². The number of nitrogens with two attached hydrogens (primary N) is 1. The minimum atomic E-state index is -5.02. The van der Waals surface area contributed by atoms with E-state index in [9.17, 15) is 35.5 Å². The zero-order valence-electron chi connectivity index (χ0n) is 25.1. The third-order valence-corrected chi connectivity index (χ3v) is 6.79. The van der Waals surface area contributed by atoms with Crippen molar-refractivity contribution in [1.82, 2.24) is 10.2 Å². The van der Waals surface area contributed by atoms with E-state index in [1.54, 1.807) is 4.90 Å². The van der Waals surface area contributed by atoms with Gasteiger partial charge >= 0.3 is 18.4 Å². The van der Waals surface area contributed by atoms with Gasteiger partial charge in [0.2, 0.25) is 0 Å². The van der Waals surface area contributed by atoms with Crippen molar-refractivity contribution in [1.29, 1.82) is 0 Å². The molecule has 1 fully saturated rings. The van der Waals surface area contributed by atoms with Crippen LogP contribution in [-0.2, 0) is 21.8 Å². The summed E-state index contributed by atoms with van der Waals surface area (Å²) in [5.74, 6) is -0.344. The minimum absolute atomic E-state index is 0.0286. The number of nitrogens with zero attached hydrogens (tertiary/aromatic N) is 2. The molecule has 7 nitrogen and oxygen atoms in total. The third-order valence-electron chi connectivity index (χ3n) is 6.79. The molecule has 2 aromatic carbocycles. The Balaban J connectivity index is 0.00000102. The Morgan fingerprint density at radius 2 is 1.59 bits per heavy atom. The van der Waals surface area contributed by atoms with Gasteiger partial charge in [0, 0.05) is 13.6 Å². The van der Waals surface area contributed by atoms with E-state index in [-0.39, 0.29) is 37.2 Å². The Hall–Kier alpha value is -3.23. The predicted octanol–water partition coefficient (Wildman–Crippen LogP) is 7.62. The lowest BCUT2D eigenvalue weighted by Crippen LogP contribution is -2.51. The quantitative estimate of drug-likeness (QED) is 0.128. The molecule has 3 unspecified atom stereocenters. The van der Waals surface area contributed by atoms with Crippen molar-refractivity contribution in [3.63, 3.8) is 0 Å². The molecule has 0 aliphatic carbocycles. The van der Waals surface area contributed by atoms with E-state index in [0.717, 1.165) is 0 Å². The van der Waals surface area contributed by atoms with E-state index >= 15 is 0 Å². The van der Waals surface area contributed by atoms with Crippen molar-refractivity contribution in [2.75, 3.05) is 26.7 Å². The summed E-state index contributed by atoms with van der Waals surface area (Å²) in [6, 6.07) is 4.81. The lowest BCUT2D eigenvalue weighted by molar-refractivity contribution is -0.227. The normalized spacial score (nSPS) is 18.8. The van der Waals surface area contributed by atoms with Gasteiger partial charge in [-0.3, -0.25) is 15.2 Å². The van der Waals surface area contributed by atoms with Crippen molar-refractivity contribution < 1.29 is 45.0 Å². The van der Waals surface area contributed by atoms with E-state index in [1.807, 2.05) is 0 Å². The maximum Gasteiger partial charge on any atom is 0.416 e. The van der Waals surface area contributed by atoms with Crippen molar-refractivity contribution in [3.05, 3.63) is 70.5 Å². The van der Waals surface area contributed by atoms with Gasteiger partial charge in [-0.05, 0) is 48.4 Å². The van der Waals surface area contributed by atoms with Gasteiger partial charge in [-0.2, -0.15) is 26.3 Å². The van der Waals surface area contributed by atoms with Crippen LogP contribution in [0.1, 0.15) is 80.9 Å². The first-order valence-corrected chi connectivity index (χ1v) is 14.2. The van der Waals surface area contributed by atoms with Gasteiger partial charge in [-0.1, -0.05) is 51.7 Å². The monoisotopic (exact) mass is 636 g/mol. The van der Waals surface area contributed by atoms with Gasteiger partial charge in [0.05, 0.1) is 36.4 Å². The number of aliphatic imine (C=N–C) groups is 1. The summed E-state index contributed by atoms with van der Waals surface area (Å²) in [4.78, 5) is 17.0. The highest BCUT2D eigenvalue weighted by molar-refractivity contribution is 5.97. The molecule has 2 amide bonds. The first-order valence-electron chi connectivity index (χ1n) is 14.2. The molecule has 3 rings (SSSR count). The molecular formula is C30H39F7N4O3. The Kier molecular flexibility index (Phi) is 14.1. The van der Waals surface area contributed by atoms with Gasteiger partial charge in [-0.25, -0.2) is 9.18 Å². The molecule has 1 aliphatic heterocycles. The second-order valence-corrected chi connectivity index (χ2v) is 10.2. The fourth-order valence-corrected chi connectivity index (χ4v) is 4.50. The van der Waals surface area contributed by atoms with Crippen molar-refractivity contribution in [2.45, 2.75) is 77.2 Å². The molecule has 1 heterocycles. The number of unbranched alkanes of at least 4 members (excludes halogenated alkanes) is 3. The largest absolute Gasteiger partial charge is 0.416 e. The maximum absolute atomic E-state index is 13.6. The first-order chi connectivity index (χ1) is 20.6. The van der Waals surface area contributed by atoms with Crippen molar-refractivity contribution in [3.8, 4) is 0 Å². The number of urea groups is 1. The summed E-state index contributed by atoms with van der Waals surface area (Å²) < 4.78 is 105. The van der Waals surface area contributed by atoms with Crippen LogP contribution in [0.3, 0.4) is 0 Å². The molecule has 3 atom stereocenters. The van der Waals surface area contributed by atoms with Gasteiger partial charge in [0.15, 0.2) is 6.29 Å². The van der Waals surface area contributed by atoms with Crippen LogP contribution in [0.2, 0.25) is 0 Å². The number of halogens is 7. The number of amidine groups is 1. The molecule has 14 heteroatoms. The highest BCUT2D eigenvalue weighted by atomic mass is 19.4. The minimum Gasteiger partial charge on any atom is -0.351 e. The number of morpholine rings is 1. The van der Waals surface area contributed by atoms with Gasteiger partial charge in [-0.15, -0.1) is 0 Å². The SMILES string of the molecule is CCCCCC.CN=C(CN1CCOC(OC(C)c2cc(C(F)(F)F)cc(C(F)(F)F)c2)C1c1ccc(F)cc1)NC(N)=O. The molecule has 3 N–H and O–H groups in total. The Labute approximate surface area is 252 Å². The van der Waals surface area contributed by atoms with Gasteiger partial charge in [0.25, 0.3) is 0 Å². The van der Waals surface area contributed by atoms with Crippen LogP contribution < -0.4 is 11.1 Å². The molecule has 1 saturated heterocycles. The maximum atomic E-state index is 13.6. The topological polar surface area (TPSA) is 89.2 Å². The highest BCUT2D eigenvalue weighted by Crippen LogP contribution is 2.39. The number of amides is 2. The molecule has 2 aromatic rings. The van der Waals surface area contributed by atoms with Crippen LogP contribution in [-0.4, -0.2) is 49.8 Å². The number of ether oxygens (including phenoxy) is 2. The summed E-state index contributed by atoms with van der Waals surface area (Å²) >= 11 is 0. The zero-order chi connectivity index (χ0) is 33.1. The van der Waals surface area contributed by atoms with Crippen LogP contribution >= 0.6 is 0 Å². The second kappa shape index (κ2) is 16.7. The Bertz CT molecular complexity index is 1180. The predicted molar refractivity (Wildman–Crippen MR) is 152 cm³/mol. The molecular weight excluding hydrogens is 597 g/mol. The number of hydrogen-bond acceptors (Lipinski definition) is 5. The zero-order valence-corrected chi connectivity index (χ0v) is 25.1. The lowest BCUT2D eigenvalue weighted by atomic mass is 10.0. The Morgan fingerprint density at radius 1 is 1.05 bits per heavy atom. The molecule has 0 radical (unpaired) electrons. The number of nitrogens with one attached hydrogen (secondary N) is 1. The fourth-order valence-electron chi connectivity index (χ4n) is 4.50. The summed E-state index contributed by atoms with van der Waals surface area (Å²) in [6.45, 7) is 6.13. The second-order valence-electron chi connectivity index (χ2n) is 10.2. The fraction of sp³-hybridized carbons (Fsp3) is 0.533. The molecule has 0 spiro atoms. The van der Waals surface area contributed by atoms with Crippen LogP contribution in [0.15, 0.2) is 47.5 Å². The summed E-state index contributed by atoms with van der Waals surface area (Å²) in [6.07, 6.45) is -6.97. The van der Waals surface area contributed by atoms with Crippen LogP contribution in [0.25, 0.3) is 0 Å². The van der Waals surface area contributed by atoms with Crippen LogP contribution in [0, 0.1) is 5.82 Å². The first kappa shape index (κ1) is 37.0. The molecule has 44 heavy (non-hydrogen) atoms. The summed E-state index contributed by atoms with van der Waals surface area (Å²) in [7, 11) is 1.42. The van der Waals surface area contributed by atoms with Gasteiger partial charge in [0.1, 0.15) is 11.7 Å². The number of primary amides is 1. The van der Waals surface area contributed by atoms with E-state index < -0.39 is 53.8 Å². The number of hydrogen-bond donors (Lipinski definition) is 2. The highest BCUT2D eigenvalue weighted by Gasteiger charge is 2.39. The smallest absolute Gasteiger partial charge is 0.351 e. The van der Waals surface area contributed by atoms with Gasteiger partial charge < -0.3 is 15.2 Å². The summed E-state index contributed by atoms with van der Waals surface area (Å²) in [5.41, 5.74) is 2.36.